The van der Waals surface area contributed by atoms with Crippen molar-refractivity contribution in [3.05, 3.63) is 95.1 Å². The minimum Gasteiger partial charge on any atom is -0.479 e. The first-order valence-electron chi connectivity index (χ1n) is 9.66. The Bertz CT molecular complexity index is 1050. The second-order valence-corrected chi connectivity index (χ2v) is 7.04. The van der Waals surface area contributed by atoms with Crippen LogP contribution in [0.1, 0.15) is 39.8 Å². The fraction of sp³-hybridized carbons (Fsp3) is 0.208. The van der Waals surface area contributed by atoms with Gasteiger partial charge in [0.25, 0.3) is 0 Å². The van der Waals surface area contributed by atoms with Gasteiger partial charge in [0, 0.05) is 24.5 Å². The van der Waals surface area contributed by atoms with E-state index in [9.17, 15) is 9.59 Å². The number of carboxylic acids is 1. The van der Waals surface area contributed by atoms with E-state index in [2.05, 4.69) is 4.98 Å². The average Bonchev–Trinajstić information content (AvgIpc) is 3.21. The molecule has 0 unspecified atom stereocenters. The number of hydrogen-bond acceptors (Lipinski definition) is 4. The van der Waals surface area contributed by atoms with Crippen molar-refractivity contribution in [2.75, 3.05) is 0 Å². The van der Waals surface area contributed by atoms with E-state index >= 15 is 0 Å². The summed E-state index contributed by atoms with van der Waals surface area (Å²) in [5.41, 5.74) is 3.57. The summed E-state index contributed by atoms with van der Waals surface area (Å²) >= 11 is 0. The summed E-state index contributed by atoms with van der Waals surface area (Å²) in [6, 6.07) is 15.1. The second-order valence-electron chi connectivity index (χ2n) is 7.04. The van der Waals surface area contributed by atoms with Gasteiger partial charge in [0.05, 0.1) is 6.61 Å². The van der Waals surface area contributed by atoms with Crippen molar-refractivity contribution in [2.24, 2.45) is 0 Å². The molecule has 0 spiro atoms. The molecule has 0 aliphatic heterocycles. The van der Waals surface area contributed by atoms with Gasteiger partial charge in [-0.3, -0.25) is 4.79 Å². The van der Waals surface area contributed by atoms with E-state index in [-0.39, 0.29) is 12.4 Å². The van der Waals surface area contributed by atoms with Crippen LogP contribution in [0.2, 0.25) is 0 Å². The van der Waals surface area contributed by atoms with E-state index in [0.717, 1.165) is 16.7 Å². The van der Waals surface area contributed by atoms with Crippen LogP contribution >= 0.6 is 0 Å². The van der Waals surface area contributed by atoms with Crippen LogP contribution < -0.4 is 0 Å². The first kappa shape index (κ1) is 21.2. The molecule has 0 fully saturated rings. The van der Waals surface area contributed by atoms with Gasteiger partial charge in [0.2, 0.25) is 5.78 Å². The highest BCUT2D eigenvalue weighted by molar-refractivity contribution is 6.06. The Balaban J connectivity index is 1.64. The van der Waals surface area contributed by atoms with Crippen LogP contribution in [0, 0.1) is 6.92 Å². The number of carboxylic acid groups (broad SMARTS) is 1. The lowest BCUT2D eigenvalue weighted by Crippen LogP contribution is -2.19. The molecular formula is C24H24N2O4. The van der Waals surface area contributed by atoms with E-state index in [0.29, 0.717) is 17.9 Å². The van der Waals surface area contributed by atoms with Crippen molar-refractivity contribution in [3.63, 3.8) is 0 Å². The molecule has 0 aliphatic carbocycles. The molecule has 0 saturated heterocycles. The van der Waals surface area contributed by atoms with Crippen molar-refractivity contribution >= 4 is 17.8 Å². The van der Waals surface area contributed by atoms with Crippen LogP contribution in [0.3, 0.4) is 0 Å². The molecule has 1 heterocycles. The number of imidazole rings is 1. The number of aliphatic carboxylic acids is 1. The maximum absolute atomic E-state index is 12.7. The molecule has 1 N–H and O–H groups in total. The molecule has 1 atom stereocenters. The monoisotopic (exact) mass is 404 g/mol. The number of aromatic nitrogens is 2. The highest BCUT2D eigenvalue weighted by Gasteiger charge is 2.14. The van der Waals surface area contributed by atoms with Crippen LogP contribution in [-0.2, 0) is 22.7 Å². The number of carbonyl (C=O) groups is 2. The number of carbonyl (C=O) groups excluding carboxylic acids is 1. The summed E-state index contributed by atoms with van der Waals surface area (Å²) in [6.45, 7) is 4.22. The van der Waals surface area contributed by atoms with Crippen LogP contribution in [0.4, 0.5) is 0 Å². The zero-order valence-electron chi connectivity index (χ0n) is 17.0. The number of aryl methyl sites for hydroxylation is 1. The SMILES string of the molecule is Cc1ccc(C(=O)c2nccn2CC=Cc2cccc(CO[C@H](C)C(=O)O)c2)cc1. The van der Waals surface area contributed by atoms with Crippen molar-refractivity contribution in [3.8, 4) is 0 Å². The van der Waals surface area contributed by atoms with Gasteiger partial charge < -0.3 is 14.4 Å². The van der Waals surface area contributed by atoms with Crippen molar-refractivity contribution in [2.45, 2.75) is 33.1 Å². The third kappa shape index (κ3) is 5.52. The zero-order chi connectivity index (χ0) is 21.5. The van der Waals surface area contributed by atoms with Crippen LogP contribution in [0.5, 0.6) is 0 Å². The first-order chi connectivity index (χ1) is 14.4. The molecular weight excluding hydrogens is 380 g/mol. The Hall–Kier alpha value is -3.51. The van der Waals surface area contributed by atoms with Gasteiger partial charge in [-0.2, -0.15) is 0 Å². The Labute approximate surface area is 175 Å². The minimum absolute atomic E-state index is 0.111. The van der Waals surface area contributed by atoms with E-state index in [4.69, 9.17) is 9.84 Å². The molecule has 6 heteroatoms. The molecule has 2 aromatic carbocycles. The topological polar surface area (TPSA) is 81.4 Å². The summed E-state index contributed by atoms with van der Waals surface area (Å²) in [4.78, 5) is 27.8. The number of nitrogens with zero attached hydrogens (tertiary/aromatic N) is 2. The molecule has 0 bridgehead atoms. The smallest absolute Gasteiger partial charge is 0.332 e. The van der Waals surface area contributed by atoms with Gasteiger partial charge >= 0.3 is 5.97 Å². The molecule has 154 valence electrons. The molecule has 1 aromatic heterocycles. The minimum atomic E-state index is -0.984. The third-order valence-electron chi connectivity index (χ3n) is 4.64. The number of benzene rings is 2. The average molecular weight is 404 g/mol. The highest BCUT2D eigenvalue weighted by atomic mass is 16.5. The number of hydrogen-bond donors (Lipinski definition) is 1. The van der Waals surface area contributed by atoms with Gasteiger partial charge in [0.1, 0.15) is 0 Å². The summed E-state index contributed by atoms with van der Waals surface area (Å²) in [5.74, 6) is -0.698. The lowest BCUT2D eigenvalue weighted by Gasteiger charge is -2.09. The Morgan fingerprint density at radius 3 is 2.70 bits per heavy atom. The molecule has 6 nitrogen and oxygen atoms in total. The molecule has 0 saturated carbocycles. The molecule has 0 aliphatic rings. The molecule has 0 amide bonds. The molecule has 3 aromatic rings. The lowest BCUT2D eigenvalue weighted by atomic mass is 10.1. The summed E-state index contributed by atoms with van der Waals surface area (Å²) in [6.07, 6.45) is 6.45. The van der Waals surface area contributed by atoms with E-state index in [1.54, 1.807) is 17.0 Å². The largest absolute Gasteiger partial charge is 0.479 e. The highest BCUT2D eigenvalue weighted by Crippen LogP contribution is 2.12. The number of rotatable bonds is 9. The maximum Gasteiger partial charge on any atom is 0.332 e. The Morgan fingerprint density at radius 2 is 1.97 bits per heavy atom. The first-order valence-corrected chi connectivity index (χ1v) is 9.66. The number of ketones is 1. The second kappa shape index (κ2) is 9.80. The third-order valence-corrected chi connectivity index (χ3v) is 4.64. The van der Waals surface area contributed by atoms with Gasteiger partial charge in [0.15, 0.2) is 11.9 Å². The summed E-state index contributed by atoms with van der Waals surface area (Å²) < 4.78 is 7.13. The summed E-state index contributed by atoms with van der Waals surface area (Å²) in [5, 5.41) is 8.90. The van der Waals surface area contributed by atoms with E-state index in [1.807, 2.05) is 67.6 Å². The fourth-order valence-electron chi connectivity index (χ4n) is 2.88. The lowest BCUT2D eigenvalue weighted by molar-refractivity contribution is -0.149. The van der Waals surface area contributed by atoms with E-state index < -0.39 is 12.1 Å². The molecule has 0 radical (unpaired) electrons. The van der Waals surface area contributed by atoms with Crippen molar-refractivity contribution < 1.29 is 19.4 Å². The van der Waals surface area contributed by atoms with Gasteiger partial charge in [-0.25, -0.2) is 9.78 Å². The Kier molecular flexibility index (Phi) is 6.93. The molecule has 3 rings (SSSR count). The van der Waals surface area contributed by atoms with Gasteiger partial charge in [-0.05, 0) is 31.0 Å². The molecule has 30 heavy (non-hydrogen) atoms. The van der Waals surface area contributed by atoms with Gasteiger partial charge in [-0.15, -0.1) is 0 Å². The van der Waals surface area contributed by atoms with Crippen molar-refractivity contribution in [1.82, 2.24) is 9.55 Å². The van der Waals surface area contributed by atoms with Gasteiger partial charge in [-0.1, -0.05) is 60.2 Å². The number of ether oxygens (including phenoxy) is 1. The predicted molar refractivity (Wildman–Crippen MR) is 114 cm³/mol. The standard InChI is InChI=1S/C24H24N2O4/c1-17-8-10-21(11-9-17)22(27)23-25-12-14-26(23)13-4-7-19-5-3-6-20(15-19)16-30-18(2)24(28)29/h3-12,14-15,18H,13,16H2,1-2H3,(H,28,29)/t18-/m1/s1. The van der Waals surface area contributed by atoms with Crippen LogP contribution in [0.25, 0.3) is 6.08 Å². The fourth-order valence-corrected chi connectivity index (χ4v) is 2.88. The quantitative estimate of drug-likeness (QED) is 0.543. The van der Waals surface area contributed by atoms with Crippen LogP contribution in [0.15, 0.2) is 67.0 Å². The maximum atomic E-state index is 12.7. The Morgan fingerprint density at radius 1 is 1.20 bits per heavy atom. The summed E-state index contributed by atoms with van der Waals surface area (Å²) in [7, 11) is 0. The van der Waals surface area contributed by atoms with E-state index in [1.165, 1.54) is 6.92 Å². The van der Waals surface area contributed by atoms with Crippen LogP contribution in [-0.4, -0.2) is 32.5 Å². The number of allylic oxidation sites excluding steroid dienone is 1. The normalized spacial score (nSPS) is 12.2. The zero-order valence-corrected chi connectivity index (χ0v) is 17.0. The predicted octanol–water partition coefficient (Wildman–Crippen LogP) is 4.13. The van der Waals surface area contributed by atoms with Crippen molar-refractivity contribution in [1.29, 1.82) is 0 Å².